The Morgan fingerprint density at radius 1 is 1.44 bits per heavy atom. The fourth-order valence-electron chi connectivity index (χ4n) is 1.49. The molecular weight excluding hydrogens is 228 g/mol. The molecule has 0 aliphatic rings. The zero-order valence-electron chi connectivity index (χ0n) is 9.60. The molecule has 1 aromatic carbocycles. The molecule has 0 aromatic heterocycles. The maximum atomic E-state index is 11.1. The molecule has 16 heavy (non-hydrogen) atoms. The van der Waals surface area contributed by atoms with E-state index in [9.17, 15) is 13.5 Å². The largest absolute Gasteiger partial charge is 0.496 e. The van der Waals surface area contributed by atoms with E-state index in [0.29, 0.717) is 11.3 Å². The highest BCUT2D eigenvalue weighted by Crippen LogP contribution is 2.26. The third-order valence-corrected chi connectivity index (χ3v) is 3.13. The summed E-state index contributed by atoms with van der Waals surface area (Å²) < 4.78 is 27.3. The Hall–Kier alpha value is -1.07. The Bertz CT molecular complexity index is 465. The van der Waals surface area contributed by atoms with Crippen molar-refractivity contribution in [3.8, 4) is 5.75 Å². The molecule has 1 aromatic rings. The van der Waals surface area contributed by atoms with Gasteiger partial charge in [-0.15, -0.1) is 0 Å². The van der Waals surface area contributed by atoms with Gasteiger partial charge in [-0.25, -0.2) is 8.42 Å². The van der Waals surface area contributed by atoms with Crippen molar-refractivity contribution in [2.24, 2.45) is 0 Å². The highest BCUT2D eigenvalue weighted by atomic mass is 32.2. The van der Waals surface area contributed by atoms with Crippen molar-refractivity contribution >= 4 is 9.84 Å². The number of aryl methyl sites for hydroxylation is 1. The van der Waals surface area contributed by atoms with E-state index in [-0.39, 0.29) is 5.75 Å². The summed E-state index contributed by atoms with van der Waals surface area (Å²) in [6.45, 7) is 1.87. The summed E-state index contributed by atoms with van der Waals surface area (Å²) in [6, 6.07) is 5.29. The van der Waals surface area contributed by atoms with Crippen molar-refractivity contribution in [2.75, 3.05) is 19.1 Å². The third-order valence-electron chi connectivity index (χ3n) is 2.20. The van der Waals surface area contributed by atoms with Crippen LogP contribution >= 0.6 is 0 Å². The minimum Gasteiger partial charge on any atom is -0.496 e. The van der Waals surface area contributed by atoms with Gasteiger partial charge in [0.15, 0.2) is 0 Å². The number of hydrogen-bond donors (Lipinski definition) is 1. The van der Waals surface area contributed by atoms with E-state index < -0.39 is 15.9 Å². The van der Waals surface area contributed by atoms with Gasteiger partial charge in [0.2, 0.25) is 0 Å². The first-order chi connectivity index (χ1) is 7.33. The van der Waals surface area contributed by atoms with Crippen LogP contribution in [-0.2, 0) is 9.84 Å². The Morgan fingerprint density at radius 3 is 2.56 bits per heavy atom. The van der Waals surface area contributed by atoms with Crippen molar-refractivity contribution in [1.82, 2.24) is 0 Å². The molecule has 1 N–H and O–H groups in total. The van der Waals surface area contributed by atoms with E-state index in [1.807, 2.05) is 13.0 Å². The molecule has 0 aliphatic heterocycles. The van der Waals surface area contributed by atoms with E-state index in [1.165, 1.54) is 7.11 Å². The van der Waals surface area contributed by atoms with Crippen LogP contribution in [-0.4, -0.2) is 32.6 Å². The SMILES string of the molecule is COc1ccc(C)cc1C(O)CS(C)(=O)=O. The second-order valence-corrected chi connectivity index (χ2v) is 6.04. The van der Waals surface area contributed by atoms with E-state index in [1.54, 1.807) is 12.1 Å². The molecule has 5 heteroatoms. The van der Waals surface area contributed by atoms with Gasteiger partial charge in [0, 0.05) is 11.8 Å². The van der Waals surface area contributed by atoms with Gasteiger partial charge in [0.25, 0.3) is 0 Å². The number of rotatable bonds is 4. The summed E-state index contributed by atoms with van der Waals surface area (Å²) >= 11 is 0. The molecule has 0 saturated heterocycles. The van der Waals surface area contributed by atoms with Crippen molar-refractivity contribution in [3.05, 3.63) is 29.3 Å². The molecule has 1 rings (SSSR count). The van der Waals surface area contributed by atoms with Gasteiger partial charge in [0.1, 0.15) is 15.6 Å². The quantitative estimate of drug-likeness (QED) is 0.861. The first-order valence-corrected chi connectivity index (χ1v) is 6.90. The predicted molar refractivity (Wildman–Crippen MR) is 62.4 cm³/mol. The molecule has 1 atom stereocenters. The minimum atomic E-state index is -3.21. The fourth-order valence-corrected chi connectivity index (χ4v) is 2.24. The lowest BCUT2D eigenvalue weighted by Crippen LogP contribution is -2.13. The van der Waals surface area contributed by atoms with Crippen LogP contribution in [0.25, 0.3) is 0 Å². The lowest BCUT2D eigenvalue weighted by Gasteiger charge is -2.14. The second kappa shape index (κ2) is 4.84. The van der Waals surface area contributed by atoms with Gasteiger partial charge in [-0.3, -0.25) is 0 Å². The van der Waals surface area contributed by atoms with Crippen LogP contribution < -0.4 is 4.74 Å². The molecule has 0 saturated carbocycles. The lowest BCUT2D eigenvalue weighted by molar-refractivity contribution is 0.196. The third kappa shape index (κ3) is 3.50. The van der Waals surface area contributed by atoms with Gasteiger partial charge >= 0.3 is 0 Å². The van der Waals surface area contributed by atoms with Crippen LogP contribution in [0.3, 0.4) is 0 Å². The van der Waals surface area contributed by atoms with E-state index >= 15 is 0 Å². The van der Waals surface area contributed by atoms with Crippen molar-refractivity contribution < 1.29 is 18.3 Å². The van der Waals surface area contributed by atoms with Gasteiger partial charge in [-0.1, -0.05) is 11.6 Å². The molecule has 1 unspecified atom stereocenters. The molecule has 0 spiro atoms. The maximum Gasteiger partial charge on any atom is 0.150 e. The second-order valence-electron chi connectivity index (χ2n) is 3.85. The molecule has 4 nitrogen and oxygen atoms in total. The average molecular weight is 244 g/mol. The van der Waals surface area contributed by atoms with Gasteiger partial charge in [0.05, 0.1) is 19.0 Å². The van der Waals surface area contributed by atoms with Crippen LogP contribution in [0, 0.1) is 6.92 Å². The van der Waals surface area contributed by atoms with Crippen molar-refractivity contribution in [1.29, 1.82) is 0 Å². The normalized spacial score (nSPS) is 13.5. The molecule has 0 radical (unpaired) electrons. The Labute approximate surface area is 95.8 Å². The van der Waals surface area contributed by atoms with Crippen LogP contribution in [0.15, 0.2) is 18.2 Å². The summed E-state index contributed by atoms with van der Waals surface area (Å²) in [5.41, 5.74) is 1.45. The van der Waals surface area contributed by atoms with E-state index in [4.69, 9.17) is 4.74 Å². The van der Waals surface area contributed by atoms with Crippen LogP contribution in [0.1, 0.15) is 17.2 Å². The van der Waals surface area contributed by atoms with Gasteiger partial charge in [-0.2, -0.15) is 0 Å². The number of aliphatic hydroxyl groups excluding tert-OH is 1. The minimum absolute atomic E-state index is 0.299. The summed E-state index contributed by atoms with van der Waals surface area (Å²) in [5, 5.41) is 9.83. The molecule has 0 aliphatic carbocycles. The summed E-state index contributed by atoms with van der Waals surface area (Å²) in [4.78, 5) is 0. The van der Waals surface area contributed by atoms with Crippen LogP contribution in [0.2, 0.25) is 0 Å². The van der Waals surface area contributed by atoms with Crippen molar-refractivity contribution in [2.45, 2.75) is 13.0 Å². The zero-order valence-corrected chi connectivity index (χ0v) is 10.4. The summed E-state index contributed by atoms with van der Waals surface area (Å²) in [5.74, 6) is 0.203. The number of methoxy groups -OCH3 is 1. The maximum absolute atomic E-state index is 11.1. The summed E-state index contributed by atoms with van der Waals surface area (Å²) in [7, 11) is -1.73. The summed E-state index contributed by atoms with van der Waals surface area (Å²) in [6.07, 6.45) is 0.0447. The molecule has 0 fully saturated rings. The Kier molecular flexibility index (Phi) is 3.93. The molecule has 90 valence electrons. The molecule has 0 amide bonds. The van der Waals surface area contributed by atoms with Crippen LogP contribution in [0.4, 0.5) is 0 Å². The number of benzene rings is 1. The first kappa shape index (κ1) is 13.0. The monoisotopic (exact) mass is 244 g/mol. The van der Waals surface area contributed by atoms with Crippen LogP contribution in [0.5, 0.6) is 5.75 Å². The predicted octanol–water partition coefficient (Wildman–Crippen LogP) is 1.08. The van der Waals surface area contributed by atoms with Gasteiger partial charge in [-0.05, 0) is 19.1 Å². The van der Waals surface area contributed by atoms with Gasteiger partial charge < -0.3 is 9.84 Å². The number of hydrogen-bond acceptors (Lipinski definition) is 4. The standard InChI is InChI=1S/C11H16O4S/c1-8-4-5-11(15-2)9(6-8)10(12)7-16(3,13)14/h4-6,10,12H,7H2,1-3H3. The number of aliphatic hydroxyl groups is 1. The fraction of sp³-hybridized carbons (Fsp3) is 0.455. The lowest BCUT2D eigenvalue weighted by atomic mass is 10.1. The molecule has 0 bridgehead atoms. The van der Waals surface area contributed by atoms with Crippen molar-refractivity contribution in [3.63, 3.8) is 0 Å². The average Bonchev–Trinajstić information content (AvgIpc) is 2.15. The first-order valence-electron chi connectivity index (χ1n) is 4.84. The Balaban J connectivity index is 3.06. The smallest absolute Gasteiger partial charge is 0.150 e. The highest BCUT2D eigenvalue weighted by Gasteiger charge is 2.18. The highest BCUT2D eigenvalue weighted by molar-refractivity contribution is 7.90. The molecular formula is C11H16O4S. The zero-order chi connectivity index (χ0) is 12.3. The number of sulfone groups is 1. The Morgan fingerprint density at radius 2 is 2.06 bits per heavy atom. The number of ether oxygens (including phenoxy) is 1. The van der Waals surface area contributed by atoms with E-state index in [0.717, 1.165) is 11.8 Å². The topological polar surface area (TPSA) is 63.6 Å². The van der Waals surface area contributed by atoms with E-state index in [2.05, 4.69) is 0 Å². The molecule has 0 heterocycles.